The van der Waals surface area contributed by atoms with Gasteiger partial charge in [-0.15, -0.1) is 24.8 Å². The van der Waals surface area contributed by atoms with Crippen molar-refractivity contribution in [1.29, 1.82) is 0 Å². The Morgan fingerprint density at radius 1 is 1.38 bits per heavy atom. The molecule has 0 aromatic carbocycles. The molecule has 0 spiro atoms. The highest BCUT2D eigenvalue weighted by Gasteiger charge is 2.03. The molecule has 1 aromatic rings. The molecule has 5 heteroatoms. The van der Waals surface area contributed by atoms with E-state index in [9.17, 15) is 0 Å². The number of aromatic nitrogens is 1. The van der Waals surface area contributed by atoms with E-state index in [0.717, 1.165) is 18.0 Å². The van der Waals surface area contributed by atoms with E-state index in [1.807, 2.05) is 12.1 Å². The molecule has 0 atom stereocenters. The summed E-state index contributed by atoms with van der Waals surface area (Å²) in [4.78, 5) is 4.15. The van der Waals surface area contributed by atoms with Gasteiger partial charge >= 0.3 is 0 Å². The highest BCUT2D eigenvalue weighted by Crippen LogP contribution is 2.16. The Labute approximate surface area is 89.0 Å². The van der Waals surface area contributed by atoms with Crippen LogP contribution in [0.3, 0.4) is 0 Å². The quantitative estimate of drug-likeness (QED) is 0.726. The van der Waals surface area contributed by atoms with Crippen LogP contribution >= 0.6 is 24.8 Å². The Balaban J connectivity index is 0.000000720. The van der Waals surface area contributed by atoms with E-state index in [0.29, 0.717) is 0 Å². The molecule has 1 aliphatic rings. The smallest absolute Gasteiger partial charge is 0.149 e. The van der Waals surface area contributed by atoms with Gasteiger partial charge in [0.25, 0.3) is 0 Å². The van der Waals surface area contributed by atoms with E-state index in [4.69, 9.17) is 4.74 Å². The number of rotatable bonds is 0. The van der Waals surface area contributed by atoms with Crippen molar-refractivity contribution >= 4 is 24.8 Å². The minimum Gasteiger partial charge on any atom is -0.462 e. The summed E-state index contributed by atoms with van der Waals surface area (Å²) >= 11 is 0. The Bertz CT molecular complexity index is 291. The summed E-state index contributed by atoms with van der Waals surface area (Å²) in [6.45, 7) is 0.729. The van der Waals surface area contributed by atoms with Gasteiger partial charge in [-0.3, -0.25) is 4.98 Å². The van der Waals surface area contributed by atoms with Crippen molar-refractivity contribution in [2.45, 2.75) is 6.54 Å². The van der Waals surface area contributed by atoms with E-state index in [1.165, 1.54) is 0 Å². The fourth-order valence-electron chi connectivity index (χ4n) is 0.974. The molecular weight excluding hydrogens is 211 g/mol. The standard InChI is InChI=1S/C8H8N2O.2ClH/c1-2-8-7(10-3-1)6-9-4-5-11-8;;/h1-5,9H,6H2;2*1H. The topological polar surface area (TPSA) is 34.1 Å². The highest BCUT2D eigenvalue weighted by atomic mass is 35.5. The van der Waals surface area contributed by atoms with Crippen molar-refractivity contribution in [3.8, 4) is 5.75 Å². The lowest BCUT2D eigenvalue weighted by molar-refractivity contribution is 0.476. The van der Waals surface area contributed by atoms with Gasteiger partial charge in [0.05, 0.1) is 6.54 Å². The van der Waals surface area contributed by atoms with E-state index >= 15 is 0 Å². The van der Waals surface area contributed by atoms with Crippen LogP contribution < -0.4 is 10.1 Å². The van der Waals surface area contributed by atoms with Crippen LogP contribution in [0.2, 0.25) is 0 Å². The maximum absolute atomic E-state index is 5.24. The maximum Gasteiger partial charge on any atom is 0.149 e. The van der Waals surface area contributed by atoms with Crippen LogP contribution in [0.5, 0.6) is 5.75 Å². The Hall–Kier alpha value is -0.930. The van der Waals surface area contributed by atoms with Gasteiger partial charge in [0.2, 0.25) is 0 Å². The van der Waals surface area contributed by atoms with Gasteiger partial charge in [0.1, 0.15) is 17.7 Å². The van der Waals surface area contributed by atoms with Crippen LogP contribution in [0.15, 0.2) is 30.8 Å². The molecule has 72 valence electrons. The van der Waals surface area contributed by atoms with E-state index in [-0.39, 0.29) is 24.8 Å². The fraction of sp³-hybridized carbons (Fsp3) is 0.125. The number of halogens is 2. The van der Waals surface area contributed by atoms with Crippen LogP contribution in [0.1, 0.15) is 5.69 Å². The van der Waals surface area contributed by atoms with Gasteiger partial charge in [-0.05, 0) is 12.1 Å². The molecule has 1 aromatic heterocycles. The summed E-state index contributed by atoms with van der Waals surface area (Å²) < 4.78 is 5.24. The van der Waals surface area contributed by atoms with Crippen molar-refractivity contribution in [3.05, 3.63) is 36.5 Å². The third-order valence-corrected chi connectivity index (χ3v) is 1.50. The van der Waals surface area contributed by atoms with Crippen molar-refractivity contribution in [1.82, 2.24) is 10.3 Å². The first kappa shape index (κ1) is 12.1. The number of hydrogen-bond acceptors (Lipinski definition) is 3. The SMILES string of the molecule is C1=COc2cccnc2CN1.Cl.Cl. The van der Waals surface area contributed by atoms with Crippen LogP contribution in [0.25, 0.3) is 0 Å². The number of pyridine rings is 1. The molecule has 0 aliphatic carbocycles. The van der Waals surface area contributed by atoms with Crippen molar-refractivity contribution in [3.63, 3.8) is 0 Å². The lowest BCUT2D eigenvalue weighted by Gasteiger charge is -2.01. The first-order valence-corrected chi connectivity index (χ1v) is 3.46. The summed E-state index contributed by atoms with van der Waals surface area (Å²) in [5.41, 5.74) is 0.942. The normalized spacial score (nSPS) is 12.0. The second-order valence-corrected chi connectivity index (χ2v) is 2.25. The monoisotopic (exact) mass is 220 g/mol. The zero-order valence-electron chi connectivity index (χ0n) is 6.77. The largest absolute Gasteiger partial charge is 0.462 e. The summed E-state index contributed by atoms with van der Waals surface area (Å²) in [7, 11) is 0. The zero-order valence-corrected chi connectivity index (χ0v) is 8.40. The van der Waals surface area contributed by atoms with Gasteiger partial charge < -0.3 is 10.1 Å². The maximum atomic E-state index is 5.24. The lowest BCUT2D eigenvalue weighted by atomic mass is 10.3. The van der Waals surface area contributed by atoms with Gasteiger partial charge in [-0.1, -0.05) is 0 Å². The number of fused-ring (bicyclic) bond motifs is 1. The molecule has 0 radical (unpaired) electrons. The summed E-state index contributed by atoms with van der Waals surface area (Å²) in [5.74, 6) is 0.828. The number of hydrogen-bond donors (Lipinski definition) is 1. The van der Waals surface area contributed by atoms with Gasteiger partial charge in [0.15, 0.2) is 0 Å². The van der Waals surface area contributed by atoms with Crippen LogP contribution in [-0.4, -0.2) is 4.98 Å². The summed E-state index contributed by atoms with van der Waals surface area (Å²) in [6, 6.07) is 3.76. The summed E-state index contributed by atoms with van der Waals surface area (Å²) in [6.07, 6.45) is 5.14. The third kappa shape index (κ3) is 2.79. The second kappa shape index (κ2) is 5.67. The van der Waals surface area contributed by atoms with Crippen molar-refractivity contribution in [2.75, 3.05) is 0 Å². The molecule has 0 unspecified atom stereocenters. The van der Waals surface area contributed by atoms with Gasteiger partial charge in [0, 0.05) is 12.4 Å². The molecule has 0 bridgehead atoms. The molecule has 2 rings (SSSR count). The molecule has 0 fully saturated rings. The third-order valence-electron chi connectivity index (χ3n) is 1.50. The van der Waals surface area contributed by atoms with E-state index < -0.39 is 0 Å². The predicted molar refractivity (Wildman–Crippen MR) is 55.3 cm³/mol. The second-order valence-electron chi connectivity index (χ2n) is 2.25. The minimum absolute atomic E-state index is 0. The zero-order chi connectivity index (χ0) is 7.52. The first-order valence-electron chi connectivity index (χ1n) is 3.46. The average Bonchev–Trinajstić information content (AvgIpc) is 2.28. The number of ether oxygens (including phenoxy) is 1. The summed E-state index contributed by atoms with van der Waals surface area (Å²) in [5, 5.41) is 3.04. The van der Waals surface area contributed by atoms with Crippen LogP contribution in [-0.2, 0) is 6.54 Å². The van der Waals surface area contributed by atoms with E-state index in [1.54, 1.807) is 18.7 Å². The fourth-order valence-corrected chi connectivity index (χ4v) is 0.974. The molecule has 1 aliphatic heterocycles. The molecule has 0 saturated carbocycles. The minimum atomic E-state index is 0. The van der Waals surface area contributed by atoms with Gasteiger partial charge in [-0.2, -0.15) is 0 Å². The molecule has 1 N–H and O–H groups in total. The lowest BCUT2D eigenvalue weighted by Crippen LogP contribution is -2.03. The Morgan fingerprint density at radius 3 is 3.08 bits per heavy atom. The van der Waals surface area contributed by atoms with E-state index in [2.05, 4.69) is 10.3 Å². The van der Waals surface area contributed by atoms with Crippen LogP contribution in [0.4, 0.5) is 0 Å². The molecular formula is C8H10Cl2N2O. The average molecular weight is 221 g/mol. The van der Waals surface area contributed by atoms with Crippen molar-refractivity contribution < 1.29 is 4.74 Å². The molecule has 0 amide bonds. The highest BCUT2D eigenvalue weighted by molar-refractivity contribution is 5.85. The number of nitrogens with zero attached hydrogens (tertiary/aromatic N) is 1. The van der Waals surface area contributed by atoms with Crippen molar-refractivity contribution in [2.24, 2.45) is 0 Å². The first-order chi connectivity index (χ1) is 5.47. The predicted octanol–water partition coefficient (Wildman–Crippen LogP) is 1.88. The molecule has 3 nitrogen and oxygen atoms in total. The number of nitrogens with one attached hydrogen (secondary N) is 1. The van der Waals surface area contributed by atoms with Crippen LogP contribution in [0, 0.1) is 0 Å². The molecule has 2 heterocycles. The molecule has 0 saturated heterocycles. The Morgan fingerprint density at radius 2 is 2.23 bits per heavy atom. The Kier molecular flexibility index (Phi) is 5.26. The van der Waals surface area contributed by atoms with Gasteiger partial charge in [-0.25, -0.2) is 0 Å². The molecule has 13 heavy (non-hydrogen) atoms.